The van der Waals surface area contributed by atoms with Crippen molar-refractivity contribution in [3.8, 4) is 0 Å². The van der Waals surface area contributed by atoms with Gasteiger partial charge in [0.05, 0.1) is 6.61 Å². The van der Waals surface area contributed by atoms with Gasteiger partial charge in [-0.3, -0.25) is 9.59 Å². The number of rotatable bonds is 30. The number of aliphatic hydroxyl groups excluding tert-OH is 1. The van der Waals surface area contributed by atoms with E-state index in [0.717, 1.165) is 51.4 Å². The van der Waals surface area contributed by atoms with Crippen molar-refractivity contribution in [2.24, 2.45) is 0 Å². The molecule has 0 saturated carbocycles. The van der Waals surface area contributed by atoms with Crippen LogP contribution in [0.25, 0.3) is 0 Å². The van der Waals surface area contributed by atoms with E-state index in [1.54, 1.807) is 0 Å². The molecule has 0 aliphatic heterocycles. The van der Waals surface area contributed by atoms with Gasteiger partial charge in [-0.05, 0) is 44.9 Å². The molecular weight excluding hydrogens is 500 g/mol. The number of esters is 2. The third-order valence-corrected chi connectivity index (χ3v) is 7.25. The molecule has 0 aromatic carbocycles. The van der Waals surface area contributed by atoms with Gasteiger partial charge in [-0.15, -0.1) is 0 Å². The van der Waals surface area contributed by atoms with Gasteiger partial charge >= 0.3 is 11.9 Å². The lowest BCUT2D eigenvalue weighted by Gasteiger charge is -2.15. The highest BCUT2D eigenvalue weighted by molar-refractivity contribution is 5.70. The lowest BCUT2D eigenvalue weighted by Crippen LogP contribution is -2.28. The Balaban J connectivity index is 3.58. The van der Waals surface area contributed by atoms with E-state index in [1.165, 1.54) is 89.9 Å². The first-order valence-corrected chi connectivity index (χ1v) is 16.9. The second-order valence-electron chi connectivity index (χ2n) is 11.2. The molecule has 5 nitrogen and oxygen atoms in total. The van der Waals surface area contributed by atoms with Gasteiger partial charge in [-0.2, -0.15) is 0 Å². The van der Waals surface area contributed by atoms with Crippen molar-refractivity contribution < 1.29 is 24.2 Å². The maximum Gasteiger partial charge on any atom is 0.306 e. The fourth-order valence-electron chi connectivity index (χ4n) is 4.64. The Kier molecular flexibility index (Phi) is 30.6. The monoisotopic (exact) mass is 564 g/mol. The highest BCUT2D eigenvalue weighted by Gasteiger charge is 2.16. The van der Waals surface area contributed by atoms with Gasteiger partial charge in [0.2, 0.25) is 0 Å². The molecule has 0 spiro atoms. The first-order valence-electron chi connectivity index (χ1n) is 16.9. The predicted molar refractivity (Wildman–Crippen MR) is 168 cm³/mol. The largest absolute Gasteiger partial charge is 0.462 e. The van der Waals surface area contributed by atoms with Gasteiger partial charge < -0.3 is 14.6 Å². The fraction of sp³-hybridized carbons (Fsp3) is 0.829. The Morgan fingerprint density at radius 2 is 1.00 bits per heavy atom. The standard InChI is InChI=1S/C35H64O5/c1-3-5-7-9-11-13-14-15-16-17-18-19-20-22-24-26-28-30-35(38)40-33(31-36)32-39-34(37)29-27-25-23-21-12-10-8-6-4-2/h11,13,15-16,33,36H,3-10,12,14,17-32H2,1-2H3/b13-11-,16-15-/t33-/m0/s1. The molecule has 234 valence electrons. The number of aliphatic hydroxyl groups is 1. The summed E-state index contributed by atoms with van der Waals surface area (Å²) in [5, 5.41) is 9.48. The smallest absolute Gasteiger partial charge is 0.306 e. The number of carbonyl (C=O) groups is 2. The summed E-state index contributed by atoms with van der Waals surface area (Å²) in [6.07, 6.45) is 35.2. The minimum absolute atomic E-state index is 0.0660. The minimum atomic E-state index is -0.768. The Hall–Kier alpha value is -1.62. The molecule has 0 aromatic rings. The molecule has 0 rings (SSSR count). The van der Waals surface area contributed by atoms with Crippen LogP contribution in [0.2, 0.25) is 0 Å². The normalized spacial score (nSPS) is 12.4. The minimum Gasteiger partial charge on any atom is -0.462 e. The molecule has 1 N–H and O–H groups in total. The lowest BCUT2D eigenvalue weighted by atomic mass is 10.1. The van der Waals surface area contributed by atoms with Crippen LogP contribution in [0, 0.1) is 0 Å². The van der Waals surface area contributed by atoms with Crippen LogP contribution in [-0.2, 0) is 19.1 Å². The molecule has 0 aliphatic carbocycles. The van der Waals surface area contributed by atoms with E-state index in [-0.39, 0.29) is 25.2 Å². The molecule has 0 fully saturated rings. The second kappa shape index (κ2) is 31.9. The Labute approximate surface area is 247 Å². The predicted octanol–water partition coefficient (Wildman–Crippen LogP) is 9.95. The van der Waals surface area contributed by atoms with Gasteiger partial charge in [0.25, 0.3) is 0 Å². The molecule has 0 heterocycles. The van der Waals surface area contributed by atoms with Crippen LogP contribution in [0.5, 0.6) is 0 Å². The highest BCUT2D eigenvalue weighted by Crippen LogP contribution is 2.12. The molecule has 40 heavy (non-hydrogen) atoms. The van der Waals surface area contributed by atoms with Gasteiger partial charge in [0, 0.05) is 12.8 Å². The number of carbonyl (C=O) groups excluding carboxylic acids is 2. The molecule has 1 atom stereocenters. The van der Waals surface area contributed by atoms with Crippen molar-refractivity contribution in [1.29, 1.82) is 0 Å². The van der Waals surface area contributed by atoms with E-state index in [0.29, 0.717) is 12.8 Å². The van der Waals surface area contributed by atoms with Gasteiger partial charge in [0.1, 0.15) is 6.61 Å². The molecule has 0 aliphatic rings. The van der Waals surface area contributed by atoms with Crippen LogP contribution < -0.4 is 0 Å². The van der Waals surface area contributed by atoms with Crippen molar-refractivity contribution in [2.75, 3.05) is 13.2 Å². The topological polar surface area (TPSA) is 72.8 Å². The molecule has 0 aromatic heterocycles. The number of hydrogen-bond acceptors (Lipinski definition) is 5. The molecule has 0 unspecified atom stereocenters. The van der Waals surface area contributed by atoms with Crippen LogP contribution in [-0.4, -0.2) is 36.4 Å². The number of ether oxygens (including phenoxy) is 2. The fourth-order valence-corrected chi connectivity index (χ4v) is 4.64. The van der Waals surface area contributed by atoms with Gasteiger partial charge in [-0.1, -0.05) is 134 Å². The number of hydrogen-bond donors (Lipinski definition) is 1. The summed E-state index contributed by atoms with van der Waals surface area (Å²) in [5.74, 6) is -0.601. The summed E-state index contributed by atoms with van der Waals surface area (Å²) in [7, 11) is 0. The summed E-state index contributed by atoms with van der Waals surface area (Å²) in [6.45, 7) is 4.07. The van der Waals surface area contributed by atoms with Crippen molar-refractivity contribution in [3.63, 3.8) is 0 Å². The van der Waals surface area contributed by atoms with E-state index in [2.05, 4.69) is 38.2 Å². The summed E-state index contributed by atoms with van der Waals surface area (Å²) in [5.41, 5.74) is 0. The molecule has 5 heteroatoms. The SMILES string of the molecule is CCCCC/C=C\C/C=C\CCCCCCCCCC(=O)O[C@@H](CO)COC(=O)CCCCCCCCCCC. The number of unbranched alkanes of at least 4 members (excludes halogenated alkanes) is 18. The second-order valence-corrected chi connectivity index (χ2v) is 11.2. The van der Waals surface area contributed by atoms with Crippen LogP contribution in [0.4, 0.5) is 0 Å². The zero-order valence-electron chi connectivity index (χ0n) is 26.4. The van der Waals surface area contributed by atoms with Crippen LogP contribution in [0.15, 0.2) is 24.3 Å². The lowest BCUT2D eigenvalue weighted by molar-refractivity contribution is -0.161. The third kappa shape index (κ3) is 29.4. The van der Waals surface area contributed by atoms with E-state index in [1.807, 2.05) is 0 Å². The van der Waals surface area contributed by atoms with Crippen molar-refractivity contribution in [3.05, 3.63) is 24.3 Å². The third-order valence-electron chi connectivity index (χ3n) is 7.25. The zero-order valence-corrected chi connectivity index (χ0v) is 26.4. The quantitative estimate of drug-likeness (QED) is 0.0534. The maximum absolute atomic E-state index is 12.1. The van der Waals surface area contributed by atoms with Crippen LogP contribution >= 0.6 is 0 Å². The Morgan fingerprint density at radius 3 is 1.52 bits per heavy atom. The van der Waals surface area contributed by atoms with E-state index < -0.39 is 6.10 Å². The van der Waals surface area contributed by atoms with E-state index in [4.69, 9.17) is 9.47 Å². The van der Waals surface area contributed by atoms with Crippen LogP contribution in [0.1, 0.15) is 168 Å². The number of allylic oxidation sites excluding steroid dienone is 4. The average molecular weight is 565 g/mol. The molecule has 0 saturated heterocycles. The van der Waals surface area contributed by atoms with E-state index in [9.17, 15) is 14.7 Å². The van der Waals surface area contributed by atoms with Crippen LogP contribution in [0.3, 0.4) is 0 Å². The Bertz CT molecular complexity index is 613. The summed E-state index contributed by atoms with van der Waals surface area (Å²) in [4.78, 5) is 24.0. The summed E-state index contributed by atoms with van der Waals surface area (Å²) in [6, 6.07) is 0. The average Bonchev–Trinajstić information content (AvgIpc) is 2.96. The maximum atomic E-state index is 12.1. The summed E-state index contributed by atoms with van der Waals surface area (Å²) < 4.78 is 10.5. The van der Waals surface area contributed by atoms with Crippen molar-refractivity contribution in [2.45, 2.75) is 174 Å². The zero-order chi connectivity index (χ0) is 29.4. The molecular formula is C35H64O5. The molecule has 0 radical (unpaired) electrons. The Morgan fingerprint density at radius 1 is 0.575 bits per heavy atom. The van der Waals surface area contributed by atoms with Gasteiger partial charge in [-0.25, -0.2) is 0 Å². The highest BCUT2D eigenvalue weighted by atomic mass is 16.6. The summed E-state index contributed by atoms with van der Waals surface area (Å²) >= 11 is 0. The first kappa shape index (κ1) is 38.4. The van der Waals surface area contributed by atoms with Gasteiger partial charge in [0.15, 0.2) is 6.10 Å². The van der Waals surface area contributed by atoms with E-state index >= 15 is 0 Å². The first-order chi connectivity index (χ1) is 19.6. The molecule has 0 bridgehead atoms. The molecule has 0 amide bonds. The van der Waals surface area contributed by atoms with Crippen molar-refractivity contribution >= 4 is 11.9 Å². The van der Waals surface area contributed by atoms with Crippen molar-refractivity contribution in [1.82, 2.24) is 0 Å².